The van der Waals surface area contributed by atoms with Gasteiger partial charge in [0, 0.05) is 39.1 Å². The van der Waals surface area contributed by atoms with Crippen molar-refractivity contribution in [2.45, 2.75) is 238 Å². The van der Waals surface area contributed by atoms with E-state index in [9.17, 15) is 0 Å². The molecule has 2 aliphatic heterocycles. The van der Waals surface area contributed by atoms with E-state index >= 15 is 0 Å². The summed E-state index contributed by atoms with van der Waals surface area (Å²) in [7, 11) is 0. The van der Waals surface area contributed by atoms with Crippen molar-refractivity contribution in [3.8, 4) is 0 Å². The van der Waals surface area contributed by atoms with Gasteiger partial charge in [0.15, 0.2) is 0 Å². The van der Waals surface area contributed by atoms with Crippen LogP contribution in [-0.4, -0.2) is 44.0 Å². The molecule has 288 valence electrons. The van der Waals surface area contributed by atoms with Gasteiger partial charge in [-0.2, -0.15) is 23.5 Å². The van der Waals surface area contributed by atoms with Crippen LogP contribution < -0.4 is 0 Å². The largest absolute Gasteiger partial charge is 0.294 e. The number of thioether (sulfide) groups is 2. The molecule has 0 radical (unpaired) electrons. The van der Waals surface area contributed by atoms with Gasteiger partial charge >= 0.3 is 0 Å². The zero-order valence-corrected chi connectivity index (χ0v) is 34.6. The molecule has 3 heteroatoms. The molecule has 0 aromatic heterocycles. The first-order chi connectivity index (χ1) is 25.3. The highest BCUT2D eigenvalue weighted by Crippen LogP contribution is 2.66. The van der Waals surface area contributed by atoms with Gasteiger partial charge < -0.3 is 0 Å². The van der Waals surface area contributed by atoms with Crippen LogP contribution in [0.25, 0.3) is 0 Å². The van der Waals surface area contributed by atoms with Crippen molar-refractivity contribution >= 4 is 23.5 Å². The normalized spacial score (nSPS) is 49.9. The standard InChI is InChI=1S/C48H79NS2/c1-3-12-32(13-4-1)34-22-26-36(27-23-34)49(37-28-24-35(25-29-37)33-14-5-2-6-15-33)43-20-9-7-16-38(43)39-18-11-19-40-41-30-31-45-46(48(41)51-47(39)40)42-17-8-10-21-44(42)50-45/h32-48H,1-31H2. The van der Waals surface area contributed by atoms with Crippen molar-refractivity contribution in [3.63, 3.8) is 0 Å². The highest BCUT2D eigenvalue weighted by atomic mass is 32.2. The van der Waals surface area contributed by atoms with Crippen molar-refractivity contribution in [3.05, 3.63) is 0 Å². The van der Waals surface area contributed by atoms with Gasteiger partial charge in [0.1, 0.15) is 0 Å². The first kappa shape index (κ1) is 36.0. The van der Waals surface area contributed by atoms with Crippen molar-refractivity contribution < 1.29 is 0 Å². The number of hydrogen-bond donors (Lipinski definition) is 0. The predicted molar refractivity (Wildman–Crippen MR) is 222 cm³/mol. The lowest BCUT2D eigenvalue weighted by Gasteiger charge is -2.54. The molecule has 0 N–H and O–H groups in total. The Morgan fingerprint density at radius 2 is 0.784 bits per heavy atom. The molecule has 0 aromatic carbocycles. The average Bonchev–Trinajstić information content (AvgIpc) is 3.78. The molecule has 0 spiro atoms. The molecule has 0 bridgehead atoms. The van der Waals surface area contributed by atoms with E-state index in [2.05, 4.69) is 28.4 Å². The molecule has 8 saturated carbocycles. The first-order valence-corrected chi connectivity index (χ1v) is 26.3. The third-order valence-corrected chi connectivity index (χ3v) is 22.9. The molecule has 10 rings (SSSR count). The van der Waals surface area contributed by atoms with Crippen LogP contribution in [0.1, 0.15) is 199 Å². The molecule has 2 saturated heterocycles. The molecule has 2 heterocycles. The van der Waals surface area contributed by atoms with Gasteiger partial charge in [-0.05, 0) is 162 Å². The van der Waals surface area contributed by atoms with Crippen LogP contribution in [0.3, 0.4) is 0 Å². The number of hydrogen-bond acceptors (Lipinski definition) is 3. The van der Waals surface area contributed by atoms with Crippen LogP contribution in [0.4, 0.5) is 0 Å². The highest BCUT2D eigenvalue weighted by molar-refractivity contribution is 8.02. The molecule has 0 aromatic rings. The first-order valence-electron chi connectivity index (χ1n) is 24.4. The third kappa shape index (κ3) is 7.14. The van der Waals surface area contributed by atoms with Crippen molar-refractivity contribution in [1.29, 1.82) is 0 Å². The molecule has 0 amide bonds. The van der Waals surface area contributed by atoms with E-state index < -0.39 is 0 Å². The lowest BCUT2D eigenvalue weighted by molar-refractivity contribution is -0.0403. The summed E-state index contributed by atoms with van der Waals surface area (Å²) in [5.41, 5.74) is 0. The fraction of sp³-hybridized carbons (Fsp3) is 1.00. The van der Waals surface area contributed by atoms with E-state index in [1.165, 1.54) is 51.4 Å². The topological polar surface area (TPSA) is 3.24 Å². The fourth-order valence-electron chi connectivity index (χ4n) is 16.8. The second kappa shape index (κ2) is 16.3. The summed E-state index contributed by atoms with van der Waals surface area (Å²) >= 11 is 5.22. The van der Waals surface area contributed by atoms with Crippen LogP contribution in [0.15, 0.2) is 0 Å². The molecule has 51 heavy (non-hydrogen) atoms. The van der Waals surface area contributed by atoms with Gasteiger partial charge in [-0.1, -0.05) is 96.3 Å². The van der Waals surface area contributed by atoms with Crippen LogP contribution in [0, 0.1) is 59.2 Å². The van der Waals surface area contributed by atoms with E-state index in [0.717, 1.165) is 98.3 Å². The smallest absolute Gasteiger partial charge is 0.0132 e. The Morgan fingerprint density at radius 3 is 1.43 bits per heavy atom. The highest BCUT2D eigenvalue weighted by Gasteiger charge is 2.60. The van der Waals surface area contributed by atoms with Crippen molar-refractivity contribution in [1.82, 2.24) is 4.90 Å². The fourth-order valence-corrected chi connectivity index (χ4v) is 21.6. The third-order valence-electron chi connectivity index (χ3n) is 19.1. The van der Waals surface area contributed by atoms with Crippen LogP contribution in [-0.2, 0) is 0 Å². The monoisotopic (exact) mass is 734 g/mol. The molecular formula is C48H79NS2. The maximum absolute atomic E-state index is 3.46. The summed E-state index contributed by atoms with van der Waals surface area (Å²) < 4.78 is 0. The quantitative estimate of drug-likeness (QED) is 0.268. The summed E-state index contributed by atoms with van der Waals surface area (Å²) in [5.74, 6) is 10.7. The Labute approximate surface area is 324 Å². The molecule has 11 unspecified atom stereocenters. The maximum Gasteiger partial charge on any atom is 0.0132 e. The zero-order chi connectivity index (χ0) is 33.7. The molecule has 10 fully saturated rings. The minimum absolute atomic E-state index is 0.921. The van der Waals surface area contributed by atoms with E-state index in [0.29, 0.717) is 0 Å². The average molecular weight is 734 g/mol. The van der Waals surface area contributed by atoms with E-state index in [4.69, 9.17) is 0 Å². The van der Waals surface area contributed by atoms with Gasteiger partial charge in [0.2, 0.25) is 0 Å². The van der Waals surface area contributed by atoms with Gasteiger partial charge in [-0.3, -0.25) is 4.90 Å². The minimum atomic E-state index is 0.921. The second-order valence-corrected chi connectivity index (χ2v) is 24.0. The summed E-state index contributed by atoms with van der Waals surface area (Å²) in [6.07, 6.45) is 48.5. The van der Waals surface area contributed by atoms with E-state index in [1.54, 1.807) is 148 Å². The Kier molecular flexibility index (Phi) is 11.5. The lowest BCUT2D eigenvalue weighted by atomic mass is 9.61. The predicted octanol–water partition coefficient (Wildman–Crippen LogP) is 13.7. The summed E-state index contributed by atoms with van der Waals surface area (Å²) in [4.78, 5) is 3.46. The van der Waals surface area contributed by atoms with Crippen LogP contribution in [0.2, 0.25) is 0 Å². The minimum Gasteiger partial charge on any atom is -0.294 e. The summed E-state index contributed by atoms with van der Waals surface area (Å²) in [5, 5.41) is 4.15. The molecular weight excluding hydrogens is 655 g/mol. The van der Waals surface area contributed by atoms with E-state index in [-0.39, 0.29) is 0 Å². The number of rotatable bonds is 6. The van der Waals surface area contributed by atoms with Gasteiger partial charge in [0.25, 0.3) is 0 Å². The van der Waals surface area contributed by atoms with Gasteiger partial charge in [-0.15, -0.1) is 0 Å². The Hall–Kier alpha value is 0.660. The van der Waals surface area contributed by atoms with Crippen LogP contribution >= 0.6 is 23.5 Å². The number of nitrogens with zero attached hydrogens (tertiary/aromatic N) is 1. The van der Waals surface area contributed by atoms with Crippen LogP contribution in [0.5, 0.6) is 0 Å². The van der Waals surface area contributed by atoms with E-state index in [1.807, 2.05) is 0 Å². The lowest BCUT2D eigenvalue weighted by Crippen LogP contribution is -2.57. The number of fused-ring (bicyclic) bond motifs is 7. The Balaban J connectivity index is 0.888. The zero-order valence-electron chi connectivity index (χ0n) is 33.0. The van der Waals surface area contributed by atoms with Crippen molar-refractivity contribution in [2.24, 2.45) is 59.2 Å². The molecule has 1 nitrogen and oxygen atoms in total. The molecule has 11 atom stereocenters. The second-order valence-electron chi connectivity index (χ2n) is 21.2. The molecule has 10 aliphatic rings. The maximum atomic E-state index is 3.46. The van der Waals surface area contributed by atoms with Gasteiger partial charge in [0.05, 0.1) is 0 Å². The summed E-state index contributed by atoms with van der Waals surface area (Å²) in [6.45, 7) is 0. The van der Waals surface area contributed by atoms with Crippen molar-refractivity contribution in [2.75, 3.05) is 0 Å². The van der Waals surface area contributed by atoms with Gasteiger partial charge in [-0.25, -0.2) is 0 Å². The SMILES string of the molecule is C1CCC(C2CCC(N(C3CCC(C4CCCCC4)CC3)C3CCCCC3C3CCCC4C5CCC6SC7CCCCC7C6C5SC43)CC2)CC1. The molecule has 8 aliphatic carbocycles. The summed E-state index contributed by atoms with van der Waals surface area (Å²) in [6, 6.07) is 2.77. The Bertz CT molecular complexity index is 1070. The Morgan fingerprint density at radius 1 is 0.294 bits per heavy atom.